The zero-order valence-electron chi connectivity index (χ0n) is 19.9. The van der Waals surface area contributed by atoms with Crippen molar-refractivity contribution >= 4 is 28.5 Å². The van der Waals surface area contributed by atoms with E-state index in [1.54, 1.807) is 30.3 Å². The molecule has 2 aromatic heterocycles. The van der Waals surface area contributed by atoms with E-state index in [9.17, 15) is 9.59 Å². The first kappa shape index (κ1) is 24.0. The summed E-state index contributed by atoms with van der Waals surface area (Å²) in [5, 5.41) is 11.2. The molecule has 1 atom stereocenters. The molecule has 0 bridgehead atoms. The molecular formula is C26H27FN6O2. The van der Waals surface area contributed by atoms with Crippen LogP contribution in [0.25, 0.3) is 11.0 Å². The van der Waals surface area contributed by atoms with Crippen molar-refractivity contribution in [2.75, 3.05) is 4.90 Å². The number of amides is 2. The molecule has 35 heavy (non-hydrogen) atoms. The Kier molecular flexibility index (Phi) is 6.86. The fraction of sp³-hybridized carbons (Fsp3) is 0.269. The number of aromatic nitrogens is 4. The average Bonchev–Trinajstić information content (AvgIpc) is 3.26. The maximum atomic E-state index is 15.1. The highest BCUT2D eigenvalue weighted by molar-refractivity contribution is 6.01. The molecule has 0 unspecified atom stereocenters. The van der Waals surface area contributed by atoms with E-state index in [0.717, 1.165) is 0 Å². The molecule has 0 spiro atoms. The van der Waals surface area contributed by atoms with Crippen LogP contribution in [0.3, 0.4) is 0 Å². The van der Waals surface area contributed by atoms with Gasteiger partial charge in [-0.05, 0) is 62.2 Å². The minimum atomic E-state index is -1.14. The lowest BCUT2D eigenvalue weighted by Gasteiger charge is -2.34. The summed E-state index contributed by atoms with van der Waals surface area (Å²) < 4.78 is 16.6. The van der Waals surface area contributed by atoms with E-state index < -0.39 is 29.2 Å². The van der Waals surface area contributed by atoms with E-state index in [2.05, 4.69) is 20.6 Å². The van der Waals surface area contributed by atoms with E-state index in [0.29, 0.717) is 23.0 Å². The third-order valence-electron chi connectivity index (χ3n) is 5.96. The Bertz CT molecular complexity index is 1340. The lowest BCUT2D eigenvalue weighted by molar-refractivity contribution is -0.128. The number of hydrogen-bond acceptors (Lipinski definition) is 5. The Morgan fingerprint density at radius 2 is 1.74 bits per heavy atom. The molecule has 9 heteroatoms. The molecule has 0 aliphatic heterocycles. The standard InChI is InChI=1S/C26H27FN6O2/c1-4-26(2,3)29-25(35)24(18-13-15-28-16-14-18)33(21-11-7-5-9-19(21)27)23(34)17-32-22-12-8-6-10-20(22)30-31-32/h5-16,24H,4,17H2,1-3H3,(H,29,35)/t24-/m1/s1. The van der Waals surface area contributed by atoms with Crippen molar-refractivity contribution in [3.63, 3.8) is 0 Å². The molecule has 0 saturated carbocycles. The van der Waals surface area contributed by atoms with Gasteiger partial charge in [-0.2, -0.15) is 0 Å². The summed E-state index contributed by atoms with van der Waals surface area (Å²) in [6, 6.07) is 15.3. The number of carbonyl (C=O) groups is 2. The van der Waals surface area contributed by atoms with Crippen LogP contribution in [-0.2, 0) is 16.1 Å². The molecular weight excluding hydrogens is 447 g/mol. The van der Waals surface area contributed by atoms with Crippen LogP contribution in [0.15, 0.2) is 73.1 Å². The van der Waals surface area contributed by atoms with Crippen LogP contribution in [0, 0.1) is 5.82 Å². The largest absolute Gasteiger partial charge is 0.349 e. The molecule has 2 heterocycles. The summed E-state index contributed by atoms with van der Waals surface area (Å²) in [5.74, 6) is -1.56. The number of fused-ring (bicyclic) bond motifs is 1. The van der Waals surface area contributed by atoms with Gasteiger partial charge in [0, 0.05) is 17.9 Å². The van der Waals surface area contributed by atoms with Gasteiger partial charge in [-0.1, -0.05) is 36.4 Å². The molecule has 4 aromatic rings. The molecule has 0 aliphatic rings. The number of halogens is 1. The minimum absolute atomic E-state index is 0.00631. The fourth-order valence-electron chi connectivity index (χ4n) is 3.76. The second-order valence-electron chi connectivity index (χ2n) is 8.86. The highest BCUT2D eigenvalue weighted by atomic mass is 19.1. The molecule has 2 amide bonds. The fourth-order valence-corrected chi connectivity index (χ4v) is 3.76. The van der Waals surface area contributed by atoms with Crippen LogP contribution >= 0.6 is 0 Å². The monoisotopic (exact) mass is 474 g/mol. The normalized spacial score (nSPS) is 12.3. The molecule has 0 aliphatic carbocycles. The van der Waals surface area contributed by atoms with E-state index in [4.69, 9.17) is 0 Å². The Morgan fingerprint density at radius 3 is 2.46 bits per heavy atom. The van der Waals surface area contributed by atoms with Gasteiger partial charge in [-0.25, -0.2) is 9.07 Å². The van der Waals surface area contributed by atoms with Gasteiger partial charge in [0.15, 0.2) is 0 Å². The van der Waals surface area contributed by atoms with E-state index in [1.165, 1.54) is 40.2 Å². The molecule has 8 nitrogen and oxygen atoms in total. The summed E-state index contributed by atoms with van der Waals surface area (Å²) in [4.78, 5) is 32.7. The third-order valence-corrected chi connectivity index (χ3v) is 5.96. The lowest BCUT2D eigenvalue weighted by Crippen LogP contribution is -2.51. The molecule has 0 fully saturated rings. The molecule has 4 rings (SSSR count). The van der Waals surface area contributed by atoms with Gasteiger partial charge in [-0.3, -0.25) is 19.5 Å². The Morgan fingerprint density at radius 1 is 1.06 bits per heavy atom. The Hall–Kier alpha value is -4.14. The quantitative estimate of drug-likeness (QED) is 0.416. The first-order chi connectivity index (χ1) is 16.8. The number of anilines is 1. The number of nitrogens with one attached hydrogen (secondary N) is 1. The van der Waals surface area contributed by atoms with Gasteiger partial charge in [0.1, 0.15) is 23.9 Å². The van der Waals surface area contributed by atoms with Crippen molar-refractivity contribution in [3.05, 3.63) is 84.4 Å². The number of pyridine rings is 1. The summed E-state index contributed by atoms with van der Waals surface area (Å²) >= 11 is 0. The number of nitrogens with zero attached hydrogens (tertiary/aromatic N) is 5. The van der Waals surface area contributed by atoms with Crippen molar-refractivity contribution in [2.24, 2.45) is 0 Å². The highest BCUT2D eigenvalue weighted by Crippen LogP contribution is 2.31. The smallest absolute Gasteiger partial charge is 0.249 e. The lowest BCUT2D eigenvalue weighted by atomic mass is 9.98. The number of hydrogen-bond donors (Lipinski definition) is 1. The van der Waals surface area contributed by atoms with Crippen LogP contribution < -0.4 is 10.2 Å². The van der Waals surface area contributed by atoms with Crippen LogP contribution in [0.1, 0.15) is 38.8 Å². The molecule has 0 saturated heterocycles. The van der Waals surface area contributed by atoms with Gasteiger partial charge in [0.05, 0.1) is 11.2 Å². The second kappa shape index (κ2) is 10.0. The van der Waals surface area contributed by atoms with E-state index >= 15 is 4.39 Å². The first-order valence-corrected chi connectivity index (χ1v) is 11.4. The van der Waals surface area contributed by atoms with Gasteiger partial charge >= 0.3 is 0 Å². The van der Waals surface area contributed by atoms with Crippen molar-refractivity contribution in [3.8, 4) is 0 Å². The number of para-hydroxylation sites is 2. The SMILES string of the molecule is CCC(C)(C)NC(=O)[C@@H](c1ccncc1)N(C(=O)Cn1nnc2ccccc21)c1ccccc1F. The zero-order chi connectivity index (χ0) is 25.0. The number of benzene rings is 2. The van der Waals surface area contributed by atoms with Crippen LogP contribution in [-0.4, -0.2) is 37.3 Å². The third kappa shape index (κ3) is 5.18. The maximum absolute atomic E-state index is 15.1. The van der Waals surface area contributed by atoms with Gasteiger partial charge in [0.25, 0.3) is 0 Å². The molecule has 2 aromatic carbocycles. The van der Waals surface area contributed by atoms with Gasteiger partial charge in [0.2, 0.25) is 11.8 Å². The predicted molar refractivity (Wildman–Crippen MR) is 131 cm³/mol. The Balaban J connectivity index is 1.82. The van der Waals surface area contributed by atoms with Crippen LogP contribution in [0.2, 0.25) is 0 Å². The highest BCUT2D eigenvalue weighted by Gasteiger charge is 2.36. The number of rotatable bonds is 8. The minimum Gasteiger partial charge on any atom is -0.349 e. The van der Waals surface area contributed by atoms with Crippen molar-refractivity contribution in [1.29, 1.82) is 0 Å². The van der Waals surface area contributed by atoms with Gasteiger partial charge in [-0.15, -0.1) is 5.10 Å². The topological polar surface area (TPSA) is 93.0 Å². The molecule has 1 N–H and O–H groups in total. The second-order valence-corrected chi connectivity index (χ2v) is 8.86. The summed E-state index contributed by atoms with van der Waals surface area (Å²) in [7, 11) is 0. The summed E-state index contributed by atoms with van der Waals surface area (Å²) in [5.41, 5.74) is 1.25. The molecule has 180 valence electrons. The Labute approximate surface area is 202 Å². The summed E-state index contributed by atoms with van der Waals surface area (Å²) in [6.07, 6.45) is 3.74. The molecule has 0 radical (unpaired) electrons. The van der Waals surface area contributed by atoms with Crippen LogP contribution in [0.5, 0.6) is 0 Å². The number of carbonyl (C=O) groups excluding carboxylic acids is 2. The van der Waals surface area contributed by atoms with Crippen molar-refractivity contribution in [1.82, 2.24) is 25.3 Å². The first-order valence-electron chi connectivity index (χ1n) is 11.4. The maximum Gasteiger partial charge on any atom is 0.249 e. The van der Waals surface area contributed by atoms with E-state index in [1.807, 2.05) is 32.9 Å². The zero-order valence-corrected chi connectivity index (χ0v) is 19.9. The van der Waals surface area contributed by atoms with Crippen LogP contribution in [0.4, 0.5) is 10.1 Å². The van der Waals surface area contributed by atoms with E-state index in [-0.39, 0.29) is 12.2 Å². The summed E-state index contributed by atoms with van der Waals surface area (Å²) in [6.45, 7) is 5.51. The van der Waals surface area contributed by atoms with Crippen molar-refractivity contribution in [2.45, 2.75) is 45.3 Å². The van der Waals surface area contributed by atoms with Crippen molar-refractivity contribution < 1.29 is 14.0 Å². The predicted octanol–water partition coefficient (Wildman–Crippen LogP) is 4.04. The average molecular weight is 475 g/mol. The van der Waals surface area contributed by atoms with Gasteiger partial charge < -0.3 is 5.32 Å².